The maximum Gasteiger partial charge on any atom is 0.221 e. The molecule has 62 valence electrons. The van der Waals surface area contributed by atoms with E-state index in [-0.39, 0.29) is 5.75 Å². The van der Waals surface area contributed by atoms with Crippen LogP contribution in [0.5, 0.6) is 0 Å². The summed E-state index contributed by atoms with van der Waals surface area (Å²) in [5, 5.41) is 0. The van der Waals surface area contributed by atoms with Gasteiger partial charge in [0.05, 0.1) is 5.75 Å². The Labute approximate surface area is 62.3 Å². The van der Waals surface area contributed by atoms with Gasteiger partial charge in [-0.2, -0.15) is 0 Å². The van der Waals surface area contributed by atoms with Gasteiger partial charge in [-0.25, -0.2) is 8.42 Å². The van der Waals surface area contributed by atoms with Crippen LogP contribution in [0.1, 0.15) is 13.3 Å². The summed E-state index contributed by atoms with van der Waals surface area (Å²) in [5.74, 6) is -0.166. The molecule has 1 unspecified atom stereocenters. The van der Waals surface area contributed by atoms with Gasteiger partial charge in [0, 0.05) is 11.3 Å². The minimum absolute atomic E-state index is 0.166. The largest absolute Gasteiger partial charge is 0.759 e. The number of sulfonamides is 1. The summed E-state index contributed by atoms with van der Waals surface area (Å²) in [5.41, 5.74) is 0. The Morgan fingerprint density at radius 2 is 2.10 bits per heavy atom. The second-order valence-electron chi connectivity index (χ2n) is 1.64. The second-order valence-corrected chi connectivity index (χ2v) is 4.41. The van der Waals surface area contributed by atoms with Crippen LogP contribution in [0, 0.1) is 0 Å². The van der Waals surface area contributed by atoms with Crippen molar-refractivity contribution >= 4 is 21.3 Å². The van der Waals surface area contributed by atoms with Crippen LogP contribution in [0.4, 0.5) is 0 Å². The first kappa shape index (κ1) is 10.0. The van der Waals surface area contributed by atoms with E-state index >= 15 is 0 Å². The molecule has 0 aromatic carbocycles. The molecule has 0 saturated carbocycles. The Balaban J connectivity index is 4.02. The fourth-order valence-electron chi connectivity index (χ4n) is 0.414. The van der Waals surface area contributed by atoms with Crippen LogP contribution in [-0.2, 0) is 21.3 Å². The van der Waals surface area contributed by atoms with Crippen molar-refractivity contribution in [2.75, 3.05) is 5.75 Å². The third kappa shape index (κ3) is 4.86. The van der Waals surface area contributed by atoms with Gasteiger partial charge in [0.1, 0.15) is 0 Å². The quantitative estimate of drug-likeness (QED) is 0.577. The van der Waals surface area contributed by atoms with E-state index < -0.39 is 21.3 Å². The lowest BCUT2D eigenvalue weighted by molar-refractivity contribution is 0.530. The van der Waals surface area contributed by atoms with Crippen LogP contribution >= 0.6 is 0 Å². The van der Waals surface area contributed by atoms with Gasteiger partial charge >= 0.3 is 0 Å². The van der Waals surface area contributed by atoms with Crippen LogP contribution in [-0.4, -0.2) is 22.9 Å². The lowest BCUT2D eigenvalue weighted by atomic mass is 10.6. The molecular weight excluding hydrogens is 178 g/mol. The van der Waals surface area contributed by atoms with E-state index in [0.717, 1.165) is 0 Å². The number of hydrogen-bond acceptors (Lipinski definition) is 4. The predicted molar refractivity (Wildman–Crippen MR) is 36.1 cm³/mol. The molecule has 10 heavy (non-hydrogen) atoms. The van der Waals surface area contributed by atoms with Gasteiger partial charge in [-0.15, -0.1) is 4.13 Å². The third-order valence-electron chi connectivity index (χ3n) is 0.668. The molecule has 0 aromatic rings. The Bertz CT molecular complexity index is 209. The monoisotopic (exact) mass is 186 g/mol. The minimum Gasteiger partial charge on any atom is -0.759 e. The molecule has 0 aliphatic rings. The molecule has 0 saturated heterocycles. The highest BCUT2D eigenvalue weighted by Crippen LogP contribution is 1.87. The molecular formula is C3H8NO4S2-. The molecule has 0 rings (SSSR count). The summed E-state index contributed by atoms with van der Waals surface area (Å²) < 4.78 is 42.1. The van der Waals surface area contributed by atoms with E-state index in [4.69, 9.17) is 0 Å². The van der Waals surface area contributed by atoms with Gasteiger partial charge < -0.3 is 4.55 Å². The van der Waals surface area contributed by atoms with Crippen molar-refractivity contribution in [2.45, 2.75) is 13.3 Å². The zero-order valence-electron chi connectivity index (χ0n) is 5.36. The molecule has 0 heterocycles. The van der Waals surface area contributed by atoms with Crippen LogP contribution in [0.2, 0.25) is 0 Å². The minimum atomic E-state index is -3.59. The molecule has 0 spiro atoms. The van der Waals surface area contributed by atoms with Gasteiger partial charge in [0.25, 0.3) is 0 Å². The van der Waals surface area contributed by atoms with E-state index in [1.54, 1.807) is 6.92 Å². The maximum atomic E-state index is 10.5. The Hall–Kier alpha value is 0.0200. The Morgan fingerprint density at radius 3 is 2.40 bits per heavy atom. The molecule has 0 radical (unpaired) electrons. The standard InChI is InChI=1S/C3H9NO4S2/c1-2-3-10(7,8)4-9(5)6/h4H,2-3H2,1H3,(H,5,6)/p-1. The van der Waals surface area contributed by atoms with Crippen LogP contribution < -0.4 is 4.13 Å². The molecule has 1 N–H and O–H groups in total. The summed E-state index contributed by atoms with van der Waals surface area (Å²) >= 11 is -2.72. The van der Waals surface area contributed by atoms with E-state index in [0.29, 0.717) is 6.42 Å². The van der Waals surface area contributed by atoms with Crippen molar-refractivity contribution in [3.05, 3.63) is 0 Å². The van der Waals surface area contributed by atoms with Gasteiger partial charge in [-0.1, -0.05) is 6.92 Å². The van der Waals surface area contributed by atoms with Gasteiger partial charge in [-0.3, -0.25) is 4.21 Å². The molecule has 0 aromatic heterocycles. The fourth-order valence-corrected chi connectivity index (χ4v) is 2.11. The van der Waals surface area contributed by atoms with Crippen molar-refractivity contribution in [3.63, 3.8) is 0 Å². The maximum absolute atomic E-state index is 10.5. The Morgan fingerprint density at radius 1 is 1.60 bits per heavy atom. The average molecular weight is 186 g/mol. The highest BCUT2D eigenvalue weighted by atomic mass is 32.3. The van der Waals surface area contributed by atoms with Crippen LogP contribution in [0.15, 0.2) is 0 Å². The van der Waals surface area contributed by atoms with Crippen molar-refractivity contribution in [1.29, 1.82) is 0 Å². The summed E-state index contributed by atoms with van der Waals surface area (Å²) in [4.78, 5) is 0. The molecule has 0 bridgehead atoms. The Kier molecular flexibility index (Phi) is 4.02. The summed E-state index contributed by atoms with van der Waals surface area (Å²) in [6.45, 7) is 1.65. The molecule has 0 aliphatic heterocycles. The van der Waals surface area contributed by atoms with Crippen molar-refractivity contribution in [1.82, 2.24) is 4.13 Å². The van der Waals surface area contributed by atoms with Gasteiger partial charge in [-0.05, 0) is 6.42 Å². The summed E-state index contributed by atoms with van der Waals surface area (Å²) in [6.07, 6.45) is 0.395. The zero-order valence-corrected chi connectivity index (χ0v) is 7.00. The van der Waals surface area contributed by atoms with Gasteiger partial charge in [0.2, 0.25) is 10.0 Å². The van der Waals surface area contributed by atoms with E-state index in [1.165, 1.54) is 4.13 Å². The fraction of sp³-hybridized carbons (Fsp3) is 1.00. The van der Waals surface area contributed by atoms with Crippen molar-refractivity contribution < 1.29 is 17.2 Å². The highest BCUT2D eigenvalue weighted by Gasteiger charge is 2.06. The van der Waals surface area contributed by atoms with Crippen LogP contribution in [0.3, 0.4) is 0 Å². The molecule has 0 amide bonds. The molecule has 1 atom stereocenters. The van der Waals surface area contributed by atoms with Crippen molar-refractivity contribution in [3.8, 4) is 0 Å². The summed E-state index contributed by atoms with van der Waals surface area (Å²) in [7, 11) is -3.59. The molecule has 0 aliphatic carbocycles. The molecule has 5 nitrogen and oxygen atoms in total. The SMILES string of the molecule is CCCS(=O)(=O)NS(=O)[O-]. The lowest BCUT2D eigenvalue weighted by Gasteiger charge is -2.05. The lowest BCUT2D eigenvalue weighted by Crippen LogP contribution is -2.27. The van der Waals surface area contributed by atoms with Crippen LogP contribution in [0.25, 0.3) is 0 Å². The predicted octanol–water partition coefficient (Wildman–Crippen LogP) is -0.890. The second kappa shape index (κ2) is 4.02. The smallest absolute Gasteiger partial charge is 0.221 e. The van der Waals surface area contributed by atoms with Crippen molar-refractivity contribution in [2.24, 2.45) is 0 Å². The number of nitrogens with one attached hydrogen (secondary N) is 1. The topological polar surface area (TPSA) is 86.3 Å². The first-order valence-corrected chi connectivity index (χ1v) is 5.30. The number of hydrogen-bond donors (Lipinski definition) is 1. The highest BCUT2D eigenvalue weighted by molar-refractivity contribution is 7.99. The first-order chi connectivity index (χ1) is 4.48. The number of rotatable bonds is 4. The molecule has 7 heteroatoms. The normalized spacial score (nSPS) is 15.0. The van der Waals surface area contributed by atoms with Gasteiger partial charge in [0.15, 0.2) is 0 Å². The van der Waals surface area contributed by atoms with E-state index in [2.05, 4.69) is 0 Å². The first-order valence-electron chi connectivity index (χ1n) is 2.57. The molecule has 0 fully saturated rings. The third-order valence-corrected chi connectivity index (χ3v) is 3.17. The van der Waals surface area contributed by atoms with E-state index in [1.807, 2.05) is 0 Å². The average Bonchev–Trinajstić information content (AvgIpc) is 1.59. The zero-order chi connectivity index (χ0) is 8.20. The van der Waals surface area contributed by atoms with E-state index in [9.17, 15) is 17.2 Å². The summed E-state index contributed by atoms with van der Waals surface area (Å²) in [6, 6.07) is 0.